The molecule has 4 aliphatic rings. The van der Waals surface area contributed by atoms with Gasteiger partial charge in [0.2, 0.25) is 11.8 Å². The van der Waals surface area contributed by atoms with E-state index in [-0.39, 0.29) is 47.4 Å². The topological polar surface area (TPSA) is 37.4 Å². The van der Waals surface area contributed by atoms with E-state index >= 15 is 0 Å². The van der Waals surface area contributed by atoms with Gasteiger partial charge in [-0.25, -0.2) is 0 Å². The van der Waals surface area contributed by atoms with Crippen LogP contribution in [0.15, 0.2) is 30.4 Å². The quantitative estimate of drug-likeness (QED) is 0.604. The highest BCUT2D eigenvalue weighted by molar-refractivity contribution is 6.35. The number of fused-ring (bicyclic) bond motifs is 3. The first-order chi connectivity index (χ1) is 11.0. The summed E-state index contributed by atoms with van der Waals surface area (Å²) in [4.78, 5) is 27.2. The molecule has 0 unspecified atom stereocenters. The van der Waals surface area contributed by atoms with Gasteiger partial charge in [0.15, 0.2) is 0 Å². The Kier molecular flexibility index (Phi) is 2.69. The van der Waals surface area contributed by atoms with Crippen LogP contribution in [0.4, 0.5) is 0 Å². The van der Waals surface area contributed by atoms with Gasteiger partial charge in [-0.1, -0.05) is 41.4 Å². The van der Waals surface area contributed by atoms with Crippen LogP contribution in [0.2, 0.25) is 10.0 Å². The second-order valence-electron chi connectivity index (χ2n) is 7.22. The number of hydrogen-bond donors (Lipinski definition) is 0. The summed E-state index contributed by atoms with van der Waals surface area (Å²) in [6.45, 7) is 0.243. The molecule has 1 aliphatic heterocycles. The third kappa shape index (κ3) is 1.67. The van der Waals surface area contributed by atoms with E-state index in [2.05, 4.69) is 12.2 Å². The molecule has 3 aliphatic carbocycles. The Labute approximate surface area is 144 Å². The van der Waals surface area contributed by atoms with Crippen molar-refractivity contribution in [2.75, 3.05) is 0 Å². The molecule has 2 amide bonds. The zero-order valence-electron chi connectivity index (χ0n) is 12.3. The fourth-order valence-electron chi connectivity index (χ4n) is 5.12. The smallest absolute Gasteiger partial charge is 0.234 e. The van der Waals surface area contributed by atoms with Crippen molar-refractivity contribution in [3.05, 3.63) is 46.0 Å². The Morgan fingerprint density at radius 2 is 1.65 bits per heavy atom. The predicted octanol–water partition coefficient (Wildman–Crippen LogP) is 3.69. The van der Waals surface area contributed by atoms with Crippen LogP contribution in [-0.2, 0) is 16.1 Å². The normalized spacial score (nSPS) is 35.5. The monoisotopic (exact) mass is 347 g/mol. The van der Waals surface area contributed by atoms with Crippen molar-refractivity contribution in [3.8, 4) is 0 Å². The maximum absolute atomic E-state index is 12.9. The van der Waals surface area contributed by atoms with Crippen molar-refractivity contribution in [3.63, 3.8) is 0 Å². The number of likely N-dealkylation sites (tertiary alicyclic amines) is 1. The fraction of sp³-hybridized carbons (Fsp3) is 0.444. The van der Waals surface area contributed by atoms with Gasteiger partial charge in [-0.2, -0.15) is 0 Å². The Morgan fingerprint density at radius 3 is 2.17 bits per heavy atom. The lowest BCUT2D eigenvalue weighted by Gasteiger charge is -2.22. The molecule has 23 heavy (non-hydrogen) atoms. The Morgan fingerprint density at radius 1 is 1.04 bits per heavy atom. The molecule has 5 rings (SSSR count). The number of hydrogen-bond acceptors (Lipinski definition) is 2. The van der Waals surface area contributed by atoms with Crippen LogP contribution in [0.5, 0.6) is 0 Å². The van der Waals surface area contributed by atoms with E-state index < -0.39 is 0 Å². The van der Waals surface area contributed by atoms with Crippen molar-refractivity contribution >= 4 is 35.0 Å². The molecule has 118 valence electrons. The Balaban J connectivity index is 1.46. The van der Waals surface area contributed by atoms with Gasteiger partial charge < -0.3 is 0 Å². The first kappa shape index (κ1) is 14.1. The minimum absolute atomic E-state index is 0.0193. The van der Waals surface area contributed by atoms with Crippen LogP contribution in [0.3, 0.4) is 0 Å². The number of halogens is 2. The molecule has 1 saturated heterocycles. The van der Waals surface area contributed by atoms with Crippen molar-refractivity contribution in [1.82, 2.24) is 4.90 Å². The summed E-state index contributed by atoms with van der Waals surface area (Å²) in [7, 11) is 0. The molecular formula is C18H15Cl2NO2. The van der Waals surface area contributed by atoms with E-state index in [0.29, 0.717) is 10.0 Å². The van der Waals surface area contributed by atoms with Gasteiger partial charge in [0.25, 0.3) is 0 Å². The lowest BCUT2D eigenvalue weighted by molar-refractivity contribution is -0.141. The van der Waals surface area contributed by atoms with Crippen molar-refractivity contribution in [2.45, 2.75) is 19.4 Å². The van der Waals surface area contributed by atoms with Gasteiger partial charge in [-0.15, -0.1) is 0 Å². The summed E-state index contributed by atoms with van der Waals surface area (Å²) < 4.78 is 0. The molecule has 0 N–H and O–H groups in total. The zero-order chi connectivity index (χ0) is 15.9. The van der Waals surface area contributed by atoms with Gasteiger partial charge >= 0.3 is 0 Å². The lowest BCUT2D eigenvalue weighted by Crippen LogP contribution is -2.34. The number of carbonyl (C=O) groups is 2. The van der Waals surface area contributed by atoms with Gasteiger partial charge in [0, 0.05) is 10.0 Å². The molecule has 3 nitrogen and oxygen atoms in total. The highest BCUT2D eigenvalue weighted by Gasteiger charge is 2.73. The first-order valence-corrected chi connectivity index (χ1v) is 8.76. The van der Waals surface area contributed by atoms with E-state index in [1.807, 2.05) is 0 Å². The third-order valence-electron chi connectivity index (χ3n) is 6.29. The molecule has 2 bridgehead atoms. The predicted molar refractivity (Wildman–Crippen MR) is 86.8 cm³/mol. The molecule has 2 saturated carbocycles. The number of allylic oxidation sites excluding steroid dienone is 2. The average Bonchev–Trinajstić information content (AvgIpc) is 3.12. The molecule has 3 fully saturated rings. The number of imide groups is 1. The van der Waals surface area contributed by atoms with Crippen molar-refractivity contribution in [2.24, 2.45) is 29.1 Å². The Bertz CT molecular complexity index is 749. The highest BCUT2D eigenvalue weighted by atomic mass is 35.5. The number of benzene rings is 1. The third-order valence-corrected chi connectivity index (χ3v) is 6.87. The van der Waals surface area contributed by atoms with E-state index in [1.165, 1.54) is 4.90 Å². The molecule has 1 heterocycles. The SMILES string of the molecule is O=C1[C@@H]2[C@@H](C(=O)N1Cc1ccc(Cl)cc1Cl)[C@H]1C=C[C@H]2C12CC2. The van der Waals surface area contributed by atoms with Gasteiger partial charge in [-0.05, 0) is 47.8 Å². The first-order valence-electron chi connectivity index (χ1n) is 8.00. The highest BCUT2D eigenvalue weighted by Crippen LogP contribution is 2.73. The molecule has 1 aromatic carbocycles. The summed E-state index contributed by atoms with van der Waals surface area (Å²) in [5.41, 5.74) is 1.00. The summed E-state index contributed by atoms with van der Waals surface area (Å²) >= 11 is 12.1. The second kappa shape index (κ2) is 4.40. The fourth-order valence-corrected chi connectivity index (χ4v) is 5.58. The molecule has 5 heteroatoms. The van der Waals surface area contributed by atoms with E-state index in [9.17, 15) is 9.59 Å². The van der Waals surface area contributed by atoms with Gasteiger partial charge in [0.1, 0.15) is 0 Å². The molecule has 4 atom stereocenters. The maximum Gasteiger partial charge on any atom is 0.234 e. The van der Waals surface area contributed by atoms with Crippen LogP contribution in [0, 0.1) is 29.1 Å². The molecule has 1 spiro atoms. The summed E-state index contributed by atoms with van der Waals surface area (Å²) in [5.74, 6) is 0.194. The van der Waals surface area contributed by atoms with Crippen molar-refractivity contribution < 1.29 is 9.59 Å². The maximum atomic E-state index is 12.9. The molecule has 0 radical (unpaired) electrons. The van der Waals surface area contributed by atoms with Crippen molar-refractivity contribution in [1.29, 1.82) is 0 Å². The minimum Gasteiger partial charge on any atom is -0.278 e. The second-order valence-corrected chi connectivity index (χ2v) is 8.06. The minimum atomic E-state index is -0.147. The molecular weight excluding hydrogens is 333 g/mol. The number of nitrogens with zero attached hydrogens (tertiary/aromatic N) is 1. The van der Waals surface area contributed by atoms with Crippen LogP contribution in [0.1, 0.15) is 18.4 Å². The zero-order valence-corrected chi connectivity index (χ0v) is 13.8. The standard InChI is InChI=1S/C18H15Cl2NO2/c19-10-2-1-9(13(20)7-10)8-21-16(22)14-11-3-4-12(15(14)17(21)23)18(11)5-6-18/h1-4,7,11-12,14-15H,5-6,8H2/t11-,12-,14+,15+/m1/s1. The largest absolute Gasteiger partial charge is 0.278 e. The number of rotatable bonds is 2. The van der Waals surface area contributed by atoms with E-state index in [4.69, 9.17) is 23.2 Å². The molecule has 1 aromatic rings. The van der Waals surface area contributed by atoms with E-state index in [0.717, 1.165) is 18.4 Å². The average molecular weight is 348 g/mol. The van der Waals surface area contributed by atoms with Crippen LogP contribution in [-0.4, -0.2) is 16.7 Å². The van der Waals surface area contributed by atoms with Crippen LogP contribution < -0.4 is 0 Å². The van der Waals surface area contributed by atoms with Crippen LogP contribution in [0.25, 0.3) is 0 Å². The summed E-state index contributed by atoms with van der Waals surface area (Å²) in [6, 6.07) is 5.17. The number of carbonyl (C=O) groups excluding carboxylic acids is 2. The van der Waals surface area contributed by atoms with Gasteiger partial charge in [0.05, 0.1) is 18.4 Å². The van der Waals surface area contributed by atoms with Gasteiger partial charge in [-0.3, -0.25) is 14.5 Å². The van der Waals surface area contributed by atoms with E-state index in [1.54, 1.807) is 18.2 Å². The van der Waals surface area contributed by atoms with Crippen LogP contribution >= 0.6 is 23.2 Å². The molecule has 0 aromatic heterocycles. The lowest BCUT2D eigenvalue weighted by atomic mass is 9.85. The summed E-state index contributed by atoms with van der Waals surface area (Å²) in [5, 5.41) is 1.04. The Hall–Kier alpha value is -1.32. The number of amides is 2. The summed E-state index contributed by atoms with van der Waals surface area (Å²) in [6.07, 6.45) is 6.68.